The topological polar surface area (TPSA) is 60.0 Å². The molecule has 0 atom stereocenters. The van der Waals surface area contributed by atoms with Crippen LogP contribution in [0.1, 0.15) is 83.9 Å². The first-order valence-corrected chi connectivity index (χ1v) is 15.4. The molecule has 0 saturated carbocycles. The third kappa shape index (κ3) is 7.91. The van der Waals surface area contributed by atoms with Gasteiger partial charge < -0.3 is 24.4 Å². The van der Waals surface area contributed by atoms with Crippen LogP contribution in [-0.2, 0) is 17.4 Å². The van der Waals surface area contributed by atoms with Crippen molar-refractivity contribution in [3.05, 3.63) is 82.4 Å². The van der Waals surface area contributed by atoms with Crippen molar-refractivity contribution in [3.8, 4) is 17.2 Å². The van der Waals surface area contributed by atoms with Crippen molar-refractivity contribution in [1.82, 2.24) is 4.90 Å². The van der Waals surface area contributed by atoms with Gasteiger partial charge in [0.25, 0.3) is 0 Å². The first kappa shape index (κ1) is 31.6. The maximum Gasteiger partial charge on any atom is 0.322 e. The van der Waals surface area contributed by atoms with E-state index in [0.717, 1.165) is 42.7 Å². The largest absolute Gasteiger partial charge is 0.493 e. The number of carbonyl (C=O) groups excluding carboxylic acids is 1. The molecule has 0 radical (unpaired) electrons. The number of fused-ring (bicyclic) bond motifs is 1. The van der Waals surface area contributed by atoms with Gasteiger partial charge in [-0.2, -0.15) is 0 Å². The van der Waals surface area contributed by atoms with Gasteiger partial charge in [0.2, 0.25) is 6.79 Å². The minimum atomic E-state index is -0.169. The van der Waals surface area contributed by atoms with Gasteiger partial charge in [-0.1, -0.05) is 71.3 Å². The summed E-state index contributed by atoms with van der Waals surface area (Å²) >= 11 is 6.03. The fourth-order valence-corrected chi connectivity index (χ4v) is 4.96. The molecule has 0 fully saturated rings. The van der Waals surface area contributed by atoms with Crippen molar-refractivity contribution in [1.29, 1.82) is 0 Å². The summed E-state index contributed by atoms with van der Waals surface area (Å²) in [5.41, 5.74) is 4.41. The lowest BCUT2D eigenvalue weighted by Crippen LogP contribution is -2.35. The van der Waals surface area contributed by atoms with E-state index in [0.29, 0.717) is 36.2 Å². The first-order valence-electron chi connectivity index (χ1n) is 15.0. The van der Waals surface area contributed by atoms with Crippen LogP contribution in [0.4, 0.5) is 10.5 Å². The average molecular weight is 593 g/mol. The molecule has 1 heterocycles. The number of hydrogen-bond acceptors (Lipinski definition) is 4. The van der Waals surface area contributed by atoms with Gasteiger partial charge in [-0.25, -0.2) is 4.79 Å². The van der Waals surface area contributed by atoms with Crippen LogP contribution >= 0.6 is 11.6 Å². The summed E-state index contributed by atoms with van der Waals surface area (Å²) in [4.78, 5) is 15.2. The highest BCUT2D eigenvalue weighted by Crippen LogP contribution is 2.38. The number of benzene rings is 3. The standard InChI is InChI=1S/C35H45ClN2O4/c1-7-34(3,4)26-12-18-30(29(22-26)35(5,6)8-2)40-20-10-9-19-38(33(39)37-28-15-13-27(36)14-16-28)23-25-11-17-31-32(21-25)42-24-41-31/h11-18,21-22H,7-10,19-20,23-24H2,1-6H3,(H,37,39). The van der Waals surface area contributed by atoms with E-state index in [1.807, 2.05) is 23.1 Å². The van der Waals surface area contributed by atoms with E-state index in [2.05, 4.69) is 65.1 Å². The van der Waals surface area contributed by atoms with Crippen molar-refractivity contribution in [3.63, 3.8) is 0 Å². The number of halogens is 1. The van der Waals surface area contributed by atoms with Crippen molar-refractivity contribution in [2.24, 2.45) is 0 Å². The Bertz CT molecular complexity index is 1350. The smallest absolute Gasteiger partial charge is 0.322 e. The van der Waals surface area contributed by atoms with Crippen molar-refractivity contribution in [2.45, 2.75) is 84.6 Å². The Labute approximate surface area is 256 Å². The zero-order valence-electron chi connectivity index (χ0n) is 25.9. The molecule has 7 heteroatoms. The van der Waals surface area contributed by atoms with Gasteiger partial charge in [0.1, 0.15) is 5.75 Å². The van der Waals surface area contributed by atoms with Gasteiger partial charge in [0, 0.05) is 29.4 Å². The number of unbranched alkanes of at least 4 members (excludes halogenated alkanes) is 1. The number of anilines is 1. The van der Waals surface area contributed by atoms with Crippen LogP contribution in [0.15, 0.2) is 60.7 Å². The van der Waals surface area contributed by atoms with Gasteiger partial charge >= 0.3 is 6.03 Å². The van der Waals surface area contributed by atoms with Crippen LogP contribution in [0, 0.1) is 0 Å². The molecule has 1 N–H and O–H groups in total. The Hall–Kier alpha value is -3.38. The zero-order valence-corrected chi connectivity index (χ0v) is 26.6. The SMILES string of the molecule is CCC(C)(C)c1ccc(OCCCCN(Cc2ccc3c(c2)OCO3)C(=O)Nc2ccc(Cl)cc2)c(C(C)(C)CC)c1. The second-order valence-corrected chi connectivity index (χ2v) is 12.7. The normalized spacial score (nSPS) is 12.7. The number of hydrogen-bond donors (Lipinski definition) is 1. The molecule has 226 valence electrons. The monoisotopic (exact) mass is 592 g/mol. The predicted octanol–water partition coefficient (Wildman–Crippen LogP) is 9.34. The molecule has 0 bridgehead atoms. The fourth-order valence-electron chi connectivity index (χ4n) is 4.83. The van der Waals surface area contributed by atoms with Crippen LogP contribution in [0.2, 0.25) is 5.02 Å². The number of carbonyl (C=O) groups is 1. The number of nitrogens with zero attached hydrogens (tertiary/aromatic N) is 1. The van der Waals surface area contributed by atoms with Crippen LogP contribution < -0.4 is 19.5 Å². The third-order valence-corrected chi connectivity index (χ3v) is 8.78. The van der Waals surface area contributed by atoms with Gasteiger partial charge in [-0.15, -0.1) is 0 Å². The van der Waals surface area contributed by atoms with Gasteiger partial charge in [-0.3, -0.25) is 0 Å². The second-order valence-electron chi connectivity index (χ2n) is 12.3. The van der Waals surface area contributed by atoms with E-state index in [1.54, 1.807) is 24.3 Å². The van der Waals surface area contributed by atoms with Gasteiger partial charge in [0.05, 0.1) is 6.61 Å². The third-order valence-electron chi connectivity index (χ3n) is 8.53. The van der Waals surface area contributed by atoms with Crippen LogP contribution in [0.5, 0.6) is 17.2 Å². The lowest BCUT2D eigenvalue weighted by molar-refractivity contribution is 0.174. The average Bonchev–Trinajstić information content (AvgIpc) is 3.45. The minimum absolute atomic E-state index is 0.0103. The molecule has 3 aromatic rings. The molecule has 6 nitrogen and oxygen atoms in total. The maximum atomic E-state index is 13.3. The molecule has 3 aromatic carbocycles. The van der Waals surface area contributed by atoms with Gasteiger partial charge in [-0.05, 0) is 90.1 Å². The molecular weight excluding hydrogens is 548 g/mol. The number of amides is 2. The van der Waals surface area contributed by atoms with Crippen LogP contribution in [0.3, 0.4) is 0 Å². The Morgan fingerprint density at radius 1 is 0.905 bits per heavy atom. The molecule has 1 aliphatic heterocycles. The second kappa shape index (κ2) is 13.7. The summed E-state index contributed by atoms with van der Waals surface area (Å²) in [7, 11) is 0. The highest BCUT2D eigenvalue weighted by atomic mass is 35.5. The fraction of sp³-hybridized carbons (Fsp3) is 0.457. The Balaban J connectivity index is 1.41. The Kier molecular flexibility index (Phi) is 10.3. The van der Waals surface area contributed by atoms with Gasteiger partial charge in [0.15, 0.2) is 11.5 Å². The van der Waals surface area contributed by atoms with E-state index >= 15 is 0 Å². The van der Waals surface area contributed by atoms with E-state index in [9.17, 15) is 4.79 Å². The molecule has 4 rings (SSSR count). The molecule has 0 unspecified atom stereocenters. The molecule has 0 spiro atoms. The van der Waals surface area contributed by atoms with E-state index in [4.69, 9.17) is 25.8 Å². The molecule has 2 amide bonds. The van der Waals surface area contributed by atoms with Crippen LogP contribution in [0.25, 0.3) is 0 Å². The zero-order chi connectivity index (χ0) is 30.3. The summed E-state index contributed by atoms with van der Waals surface area (Å²) < 4.78 is 17.4. The molecular formula is C35H45ClN2O4. The number of ether oxygens (including phenoxy) is 3. The highest BCUT2D eigenvalue weighted by molar-refractivity contribution is 6.30. The van der Waals surface area contributed by atoms with Crippen molar-refractivity contribution in [2.75, 3.05) is 25.3 Å². The van der Waals surface area contributed by atoms with E-state index in [-0.39, 0.29) is 23.7 Å². The molecule has 42 heavy (non-hydrogen) atoms. The number of rotatable bonds is 13. The summed E-state index contributed by atoms with van der Waals surface area (Å²) in [6.07, 6.45) is 3.72. The lowest BCUT2D eigenvalue weighted by Gasteiger charge is -2.30. The highest BCUT2D eigenvalue weighted by Gasteiger charge is 2.26. The van der Waals surface area contributed by atoms with Crippen LogP contribution in [-0.4, -0.2) is 30.9 Å². The molecule has 1 aliphatic rings. The summed E-state index contributed by atoms with van der Waals surface area (Å²) in [6.45, 7) is 15.4. The Morgan fingerprint density at radius 3 is 2.33 bits per heavy atom. The van der Waals surface area contributed by atoms with Crippen molar-refractivity contribution >= 4 is 23.3 Å². The molecule has 0 saturated heterocycles. The Morgan fingerprint density at radius 2 is 1.62 bits per heavy atom. The predicted molar refractivity (Wildman–Crippen MR) is 171 cm³/mol. The molecule has 0 aliphatic carbocycles. The minimum Gasteiger partial charge on any atom is -0.493 e. The quantitative estimate of drug-likeness (QED) is 0.201. The van der Waals surface area contributed by atoms with E-state index < -0.39 is 0 Å². The summed E-state index contributed by atoms with van der Waals surface area (Å²) in [5.74, 6) is 2.39. The first-order chi connectivity index (χ1) is 20.0. The lowest BCUT2D eigenvalue weighted by atomic mass is 9.76. The maximum absolute atomic E-state index is 13.3. The number of nitrogens with one attached hydrogen (secondary N) is 1. The van der Waals surface area contributed by atoms with Crippen molar-refractivity contribution < 1.29 is 19.0 Å². The number of urea groups is 1. The summed E-state index contributed by atoms with van der Waals surface area (Å²) in [5, 5.41) is 3.63. The molecule has 0 aromatic heterocycles. The summed E-state index contributed by atoms with van der Waals surface area (Å²) in [6, 6.07) is 19.5. The van der Waals surface area contributed by atoms with E-state index in [1.165, 1.54) is 11.1 Å².